The number of rotatable bonds is 6. The first kappa shape index (κ1) is 26.3. The fourth-order valence-corrected chi connectivity index (χ4v) is 6.11. The molecule has 0 spiro atoms. The Balaban J connectivity index is 1.28. The maximum atomic E-state index is 13.5. The van der Waals surface area contributed by atoms with Crippen molar-refractivity contribution in [1.29, 1.82) is 0 Å². The zero-order valence-electron chi connectivity index (χ0n) is 22.2. The average molecular weight is 590 g/mol. The Bertz CT molecular complexity index is 1700. The van der Waals surface area contributed by atoms with E-state index in [1.807, 2.05) is 48.7 Å². The molecule has 3 aromatic carbocycles. The third kappa shape index (κ3) is 5.15. The topological polar surface area (TPSA) is 74.2 Å². The number of amides is 1. The molecule has 4 aromatic rings. The second-order valence-corrected chi connectivity index (χ2v) is 11.2. The zero-order valence-corrected chi connectivity index (χ0v) is 23.8. The lowest BCUT2D eigenvalue weighted by atomic mass is 10.0. The standard InChI is InChI=1S/C31H28ClN3O5S/c32-21-6-4-19(5-7-21)14-33-31(36)24-16-35-17-27(22-2-1-3-25-29(22)39-18-38-25)40-26-13-20(12-23(28(26)35)30(24)41)15-34-8-10-37-11-9-34/h1-7,12-13,16,27H,8-11,14-15,17-18H2,(H,33,36). The first-order chi connectivity index (χ1) is 20.0. The van der Waals surface area contributed by atoms with Crippen molar-refractivity contribution in [3.63, 3.8) is 0 Å². The van der Waals surface area contributed by atoms with E-state index in [4.69, 9.17) is 42.8 Å². The molecule has 0 radical (unpaired) electrons. The summed E-state index contributed by atoms with van der Waals surface area (Å²) in [6.07, 6.45) is 1.51. The number of nitrogens with one attached hydrogen (secondary N) is 1. The van der Waals surface area contributed by atoms with Gasteiger partial charge in [0.2, 0.25) is 6.79 Å². The Labute approximate surface area is 247 Å². The highest BCUT2D eigenvalue weighted by Gasteiger charge is 2.30. The fraction of sp³-hybridized carbons (Fsp3) is 0.290. The fourth-order valence-electron chi connectivity index (χ4n) is 5.68. The molecule has 0 saturated carbocycles. The Hall–Kier alpha value is -3.63. The van der Waals surface area contributed by atoms with Crippen LogP contribution in [0.2, 0.25) is 5.02 Å². The molecule has 1 fully saturated rings. The SMILES string of the molecule is O=C(NCc1ccc(Cl)cc1)c1cn2c3c(cc(CN4CCOCC4)cc3c1=S)OC(c1cccc3c1OCO3)C2. The number of carbonyl (C=O) groups excluding carboxylic acids is 1. The molecule has 0 aliphatic carbocycles. The van der Waals surface area contributed by atoms with E-state index >= 15 is 0 Å². The summed E-state index contributed by atoms with van der Waals surface area (Å²) in [5.74, 6) is 1.91. The van der Waals surface area contributed by atoms with E-state index in [1.165, 1.54) is 0 Å². The average Bonchev–Trinajstić information content (AvgIpc) is 3.48. The highest BCUT2D eigenvalue weighted by atomic mass is 35.5. The summed E-state index contributed by atoms with van der Waals surface area (Å²) < 4.78 is 26.2. The van der Waals surface area contributed by atoms with Gasteiger partial charge in [0.1, 0.15) is 11.9 Å². The number of nitrogens with zero attached hydrogens (tertiary/aromatic N) is 2. The van der Waals surface area contributed by atoms with Gasteiger partial charge < -0.3 is 28.8 Å². The van der Waals surface area contributed by atoms with Gasteiger partial charge in [-0.3, -0.25) is 9.69 Å². The van der Waals surface area contributed by atoms with Crippen molar-refractivity contribution in [3.05, 3.63) is 92.6 Å². The number of ether oxygens (including phenoxy) is 4. The summed E-state index contributed by atoms with van der Waals surface area (Å²) in [6, 6.07) is 17.4. The van der Waals surface area contributed by atoms with Gasteiger partial charge in [0.05, 0.1) is 35.3 Å². The van der Waals surface area contributed by atoms with Crippen molar-refractivity contribution in [2.45, 2.75) is 25.7 Å². The quantitative estimate of drug-likeness (QED) is 0.291. The number of hydrogen-bond acceptors (Lipinski definition) is 7. The Morgan fingerprint density at radius 2 is 1.85 bits per heavy atom. The van der Waals surface area contributed by atoms with Gasteiger partial charge >= 0.3 is 0 Å². The summed E-state index contributed by atoms with van der Waals surface area (Å²) in [5, 5.41) is 4.51. The highest BCUT2D eigenvalue weighted by Crippen LogP contribution is 2.44. The first-order valence-electron chi connectivity index (χ1n) is 13.6. The van der Waals surface area contributed by atoms with Crippen molar-refractivity contribution in [3.8, 4) is 17.2 Å². The molecule has 1 N–H and O–H groups in total. The highest BCUT2D eigenvalue weighted by molar-refractivity contribution is 7.71. The van der Waals surface area contributed by atoms with Crippen LogP contribution < -0.4 is 19.5 Å². The molecule has 4 heterocycles. The molecule has 3 aliphatic heterocycles. The van der Waals surface area contributed by atoms with Crippen LogP contribution in [0.15, 0.2) is 60.8 Å². The van der Waals surface area contributed by atoms with Crippen LogP contribution in [0.1, 0.15) is 33.2 Å². The van der Waals surface area contributed by atoms with Gasteiger partial charge in [-0.05, 0) is 41.5 Å². The molecule has 1 aromatic heterocycles. The third-order valence-electron chi connectivity index (χ3n) is 7.72. The molecule has 1 unspecified atom stereocenters. The molecule has 41 heavy (non-hydrogen) atoms. The van der Waals surface area contributed by atoms with Crippen LogP contribution in [0.4, 0.5) is 0 Å². The van der Waals surface area contributed by atoms with Gasteiger partial charge in [-0.1, -0.05) is 48.1 Å². The molecule has 0 bridgehead atoms. The van der Waals surface area contributed by atoms with Gasteiger partial charge in [0, 0.05) is 48.3 Å². The summed E-state index contributed by atoms with van der Waals surface area (Å²) in [4.78, 5) is 15.9. The van der Waals surface area contributed by atoms with Gasteiger partial charge in [-0.2, -0.15) is 0 Å². The molecule has 210 valence electrons. The predicted molar refractivity (Wildman–Crippen MR) is 157 cm³/mol. The predicted octanol–water partition coefficient (Wildman–Crippen LogP) is 5.65. The second-order valence-electron chi connectivity index (χ2n) is 10.4. The number of fused-ring (bicyclic) bond motifs is 1. The molecular weight excluding hydrogens is 562 g/mol. The summed E-state index contributed by atoms with van der Waals surface area (Å²) >= 11 is 12.0. The molecule has 3 aliphatic rings. The van der Waals surface area contributed by atoms with Crippen LogP contribution in [-0.2, 0) is 24.4 Å². The van der Waals surface area contributed by atoms with Crippen LogP contribution in [0, 0.1) is 4.51 Å². The molecule has 1 saturated heterocycles. The summed E-state index contributed by atoms with van der Waals surface area (Å²) in [5.41, 5.74) is 4.27. The minimum absolute atomic E-state index is 0.180. The lowest BCUT2D eigenvalue weighted by molar-refractivity contribution is 0.0341. The Morgan fingerprint density at radius 3 is 2.68 bits per heavy atom. The molecule has 7 rings (SSSR count). The second kappa shape index (κ2) is 11.0. The van der Waals surface area contributed by atoms with E-state index in [0.29, 0.717) is 52.9 Å². The molecule has 1 atom stereocenters. The molecule has 8 nitrogen and oxygen atoms in total. The summed E-state index contributed by atoms with van der Waals surface area (Å²) in [6.45, 7) is 4.91. The lowest BCUT2D eigenvalue weighted by Crippen LogP contribution is -2.35. The summed E-state index contributed by atoms with van der Waals surface area (Å²) in [7, 11) is 0. The number of pyridine rings is 1. The monoisotopic (exact) mass is 589 g/mol. The molecular formula is C31H28ClN3O5S. The largest absolute Gasteiger partial charge is 0.481 e. The van der Waals surface area contributed by atoms with E-state index in [-0.39, 0.29) is 18.8 Å². The van der Waals surface area contributed by atoms with Gasteiger partial charge in [0.25, 0.3) is 5.91 Å². The van der Waals surface area contributed by atoms with Crippen molar-refractivity contribution in [2.75, 3.05) is 33.1 Å². The number of benzene rings is 3. The number of aromatic nitrogens is 1. The number of para-hydroxylation sites is 1. The van der Waals surface area contributed by atoms with Gasteiger partial charge in [0.15, 0.2) is 11.5 Å². The zero-order chi connectivity index (χ0) is 27.9. The minimum atomic E-state index is -0.341. The molecule has 10 heteroatoms. The van der Waals surface area contributed by atoms with E-state index < -0.39 is 0 Å². The number of hydrogen-bond donors (Lipinski definition) is 1. The van der Waals surface area contributed by atoms with Crippen molar-refractivity contribution in [2.24, 2.45) is 0 Å². The van der Waals surface area contributed by atoms with Gasteiger partial charge in [-0.25, -0.2) is 0 Å². The van der Waals surface area contributed by atoms with Crippen LogP contribution in [0.25, 0.3) is 10.9 Å². The number of morpholine rings is 1. The van der Waals surface area contributed by atoms with E-state index in [2.05, 4.69) is 26.9 Å². The van der Waals surface area contributed by atoms with Gasteiger partial charge in [-0.15, -0.1) is 0 Å². The lowest BCUT2D eigenvalue weighted by Gasteiger charge is -2.31. The Morgan fingerprint density at radius 1 is 1.02 bits per heavy atom. The van der Waals surface area contributed by atoms with Crippen molar-refractivity contribution < 1.29 is 23.7 Å². The van der Waals surface area contributed by atoms with Crippen LogP contribution >= 0.6 is 23.8 Å². The normalized spacial score (nSPS) is 17.8. The molecule has 1 amide bonds. The third-order valence-corrected chi connectivity index (χ3v) is 8.41. The maximum Gasteiger partial charge on any atom is 0.254 e. The van der Waals surface area contributed by atoms with E-state index in [1.54, 1.807) is 0 Å². The van der Waals surface area contributed by atoms with Crippen LogP contribution in [0.5, 0.6) is 17.2 Å². The minimum Gasteiger partial charge on any atom is -0.481 e. The first-order valence-corrected chi connectivity index (χ1v) is 14.4. The van der Waals surface area contributed by atoms with Crippen LogP contribution in [0.3, 0.4) is 0 Å². The number of carbonyl (C=O) groups is 1. The van der Waals surface area contributed by atoms with Crippen LogP contribution in [-0.4, -0.2) is 48.5 Å². The van der Waals surface area contributed by atoms with E-state index in [0.717, 1.165) is 53.0 Å². The van der Waals surface area contributed by atoms with Crippen molar-refractivity contribution >= 4 is 40.6 Å². The van der Waals surface area contributed by atoms with Crippen molar-refractivity contribution in [1.82, 2.24) is 14.8 Å². The maximum absolute atomic E-state index is 13.5. The van der Waals surface area contributed by atoms with E-state index in [9.17, 15) is 4.79 Å². The number of halogens is 1. The smallest absolute Gasteiger partial charge is 0.254 e. The Kier molecular flexibility index (Phi) is 7.04.